The van der Waals surface area contributed by atoms with Gasteiger partial charge in [0, 0.05) is 23.2 Å². The molecule has 4 aliphatic heterocycles. The van der Waals surface area contributed by atoms with E-state index in [1.807, 2.05) is 6.92 Å². The number of hydrogen-bond donors (Lipinski definition) is 2. The largest absolute Gasteiger partial charge is 0.461 e. The van der Waals surface area contributed by atoms with E-state index in [9.17, 15) is 15.0 Å². The lowest BCUT2D eigenvalue weighted by atomic mass is 9.46. The molecule has 4 bridgehead atoms. The molecule has 4 heterocycles. The van der Waals surface area contributed by atoms with Crippen molar-refractivity contribution >= 4 is 5.97 Å². The van der Waals surface area contributed by atoms with Gasteiger partial charge in [0.25, 0.3) is 0 Å². The van der Waals surface area contributed by atoms with Crippen molar-refractivity contribution in [3.8, 4) is 0 Å². The number of esters is 1. The van der Waals surface area contributed by atoms with Crippen molar-refractivity contribution in [1.82, 2.24) is 0 Å². The number of aliphatic hydroxyl groups is 2. The summed E-state index contributed by atoms with van der Waals surface area (Å²) in [6, 6.07) is 0. The summed E-state index contributed by atoms with van der Waals surface area (Å²) in [6.45, 7) is 1.99. The van der Waals surface area contributed by atoms with Crippen LogP contribution in [0.15, 0.2) is 0 Å². The van der Waals surface area contributed by atoms with E-state index >= 15 is 0 Å². The first-order valence-corrected chi connectivity index (χ1v) is 6.31. The fraction of sp³-hybridized carbons (Fsp3) is 0.917. The minimum atomic E-state index is -1.27. The van der Waals surface area contributed by atoms with Gasteiger partial charge in [0.05, 0.1) is 11.8 Å². The van der Waals surface area contributed by atoms with E-state index in [4.69, 9.17) is 9.47 Å². The maximum absolute atomic E-state index is 11.9. The predicted molar refractivity (Wildman–Crippen MR) is 49.9 cm³/mol. The normalized spacial score (nSPS) is 83.5. The number of carbonyl (C=O) groups is 1. The molecule has 5 heteroatoms. The maximum atomic E-state index is 11.9. The SMILES string of the molecule is CC12C3C4OC(=O)C5C3C1C1(O)OC2(O)C4C51. The Bertz CT molecular complexity index is 529. The topological polar surface area (TPSA) is 76.0 Å². The molecule has 17 heavy (non-hydrogen) atoms. The summed E-state index contributed by atoms with van der Waals surface area (Å²) in [5, 5.41) is 21.5. The Morgan fingerprint density at radius 1 is 1.24 bits per heavy atom. The summed E-state index contributed by atoms with van der Waals surface area (Å²) in [5.74, 6) is -3.11. The zero-order valence-electron chi connectivity index (χ0n) is 9.16. The van der Waals surface area contributed by atoms with Gasteiger partial charge >= 0.3 is 5.97 Å². The first-order chi connectivity index (χ1) is 7.96. The molecule has 90 valence electrons. The Morgan fingerprint density at radius 3 is 2.76 bits per heavy atom. The molecule has 0 aromatic carbocycles. The van der Waals surface area contributed by atoms with Gasteiger partial charge in [-0.1, -0.05) is 6.92 Å². The fourth-order valence-corrected chi connectivity index (χ4v) is 6.91. The van der Waals surface area contributed by atoms with Gasteiger partial charge in [-0.2, -0.15) is 0 Å². The van der Waals surface area contributed by atoms with E-state index in [0.717, 1.165) is 0 Å². The van der Waals surface area contributed by atoms with Gasteiger partial charge in [-0.15, -0.1) is 0 Å². The van der Waals surface area contributed by atoms with E-state index in [1.165, 1.54) is 0 Å². The second-order valence-electron chi connectivity index (χ2n) is 6.89. The van der Waals surface area contributed by atoms with Crippen LogP contribution in [0.3, 0.4) is 0 Å². The van der Waals surface area contributed by atoms with Gasteiger partial charge in [-0.3, -0.25) is 4.79 Å². The molecule has 0 aromatic rings. The summed E-state index contributed by atoms with van der Waals surface area (Å²) in [6.07, 6.45) is -0.231. The molecule has 10 unspecified atom stereocenters. The minimum Gasteiger partial charge on any atom is -0.461 e. The molecule has 7 fully saturated rings. The van der Waals surface area contributed by atoms with Crippen LogP contribution >= 0.6 is 0 Å². The molecule has 0 spiro atoms. The van der Waals surface area contributed by atoms with Gasteiger partial charge in [0.2, 0.25) is 0 Å². The van der Waals surface area contributed by atoms with E-state index in [0.29, 0.717) is 0 Å². The molecule has 2 N–H and O–H groups in total. The first-order valence-electron chi connectivity index (χ1n) is 6.31. The van der Waals surface area contributed by atoms with Crippen LogP contribution < -0.4 is 0 Å². The minimum absolute atomic E-state index is 0.0749. The summed E-state index contributed by atoms with van der Waals surface area (Å²) in [5.41, 5.74) is -0.409. The predicted octanol–water partition coefficient (Wildman–Crippen LogP) is -0.923. The molecule has 3 aliphatic carbocycles. The first kappa shape index (κ1) is 8.45. The average molecular weight is 236 g/mol. The third kappa shape index (κ3) is 0.424. The Kier molecular flexibility index (Phi) is 0.836. The van der Waals surface area contributed by atoms with Crippen molar-refractivity contribution in [1.29, 1.82) is 0 Å². The molecular formula is C12H12O5. The van der Waals surface area contributed by atoms with Gasteiger partial charge < -0.3 is 19.7 Å². The van der Waals surface area contributed by atoms with Gasteiger partial charge in [0.15, 0.2) is 11.6 Å². The smallest absolute Gasteiger partial charge is 0.310 e. The highest BCUT2D eigenvalue weighted by Crippen LogP contribution is 2.92. The van der Waals surface area contributed by atoms with E-state index in [2.05, 4.69) is 0 Å². The van der Waals surface area contributed by atoms with Crippen molar-refractivity contribution in [2.24, 2.45) is 40.9 Å². The van der Waals surface area contributed by atoms with E-state index < -0.39 is 17.0 Å². The highest BCUT2D eigenvalue weighted by Gasteiger charge is 3.02. The van der Waals surface area contributed by atoms with Crippen molar-refractivity contribution in [2.75, 3.05) is 0 Å². The Morgan fingerprint density at radius 2 is 2.00 bits per heavy atom. The molecule has 0 aromatic heterocycles. The lowest BCUT2D eigenvalue weighted by Gasteiger charge is -2.57. The lowest BCUT2D eigenvalue weighted by Crippen LogP contribution is -2.63. The van der Waals surface area contributed by atoms with Gasteiger partial charge in [-0.25, -0.2) is 0 Å². The fourth-order valence-electron chi connectivity index (χ4n) is 6.91. The zero-order chi connectivity index (χ0) is 11.5. The van der Waals surface area contributed by atoms with Crippen molar-refractivity contribution in [3.05, 3.63) is 0 Å². The summed E-state index contributed by atoms with van der Waals surface area (Å²) in [4.78, 5) is 11.9. The second-order valence-corrected chi connectivity index (χ2v) is 6.89. The lowest BCUT2D eigenvalue weighted by molar-refractivity contribution is -0.268. The van der Waals surface area contributed by atoms with Crippen molar-refractivity contribution < 1.29 is 24.5 Å². The van der Waals surface area contributed by atoms with E-state index in [1.54, 1.807) is 0 Å². The Balaban J connectivity index is 1.77. The third-order valence-electron chi connectivity index (χ3n) is 7.02. The van der Waals surface area contributed by atoms with Crippen LogP contribution in [0.5, 0.6) is 0 Å². The number of rotatable bonds is 0. The van der Waals surface area contributed by atoms with E-state index in [-0.39, 0.29) is 47.6 Å². The quantitative estimate of drug-likeness (QED) is 0.532. The average Bonchev–Trinajstić information content (AvgIpc) is 2.62. The monoisotopic (exact) mass is 236 g/mol. The van der Waals surface area contributed by atoms with Crippen LogP contribution in [0.2, 0.25) is 0 Å². The molecule has 7 rings (SSSR count). The molecule has 5 nitrogen and oxygen atoms in total. The standard InChI is InChI=1S/C12H12O5/c1-10-5-2-3-4-6(7(5)16-9(3)13)12(10,15)17-11(4,14)8(2)10/h2-8,14-15H,1H3. The number of carbonyl (C=O) groups excluding carboxylic acids is 1. The number of ether oxygens (including phenoxy) is 2. The molecule has 7 aliphatic rings. The van der Waals surface area contributed by atoms with Crippen LogP contribution in [0.25, 0.3) is 0 Å². The van der Waals surface area contributed by atoms with Crippen LogP contribution in [0.4, 0.5) is 0 Å². The van der Waals surface area contributed by atoms with Crippen molar-refractivity contribution in [2.45, 2.75) is 24.6 Å². The third-order valence-corrected chi connectivity index (χ3v) is 7.02. The van der Waals surface area contributed by atoms with Crippen LogP contribution in [-0.2, 0) is 14.3 Å². The van der Waals surface area contributed by atoms with Crippen LogP contribution in [0, 0.1) is 40.9 Å². The van der Waals surface area contributed by atoms with Gasteiger partial charge in [-0.05, 0) is 5.92 Å². The highest BCUT2D eigenvalue weighted by atomic mass is 16.7. The number of fused-ring (bicyclic) bond motifs is 1. The van der Waals surface area contributed by atoms with Crippen LogP contribution in [-0.4, -0.2) is 33.9 Å². The van der Waals surface area contributed by atoms with Crippen molar-refractivity contribution in [3.63, 3.8) is 0 Å². The molecule has 4 saturated heterocycles. The Labute approximate surface area is 96.7 Å². The maximum Gasteiger partial charge on any atom is 0.310 e. The molecule has 10 atom stereocenters. The summed E-state index contributed by atoms with van der Waals surface area (Å²) in [7, 11) is 0. The molecule has 0 amide bonds. The highest BCUT2D eigenvalue weighted by molar-refractivity contribution is 5.79. The molecule has 3 saturated carbocycles. The number of hydrogen-bond acceptors (Lipinski definition) is 5. The zero-order valence-corrected chi connectivity index (χ0v) is 9.16. The molecule has 0 radical (unpaired) electrons. The second kappa shape index (κ2) is 1.68. The summed E-state index contributed by atoms with van der Waals surface area (Å²) >= 11 is 0. The van der Waals surface area contributed by atoms with Crippen LogP contribution in [0.1, 0.15) is 6.92 Å². The summed E-state index contributed by atoms with van der Waals surface area (Å²) < 4.78 is 11.1. The molecular weight excluding hydrogens is 224 g/mol. The Hall–Kier alpha value is -0.650. The van der Waals surface area contributed by atoms with Gasteiger partial charge in [0.1, 0.15) is 6.10 Å².